The molecule has 1 amide bonds. The molecule has 4 rings (SSSR count). The van der Waals surface area contributed by atoms with Gasteiger partial charge in [-0.3, -0.25) is 9.78 Å². The molecule has 2 aromatic carbocycles. The monoisotopic (exact) mass is 414 g/mol. The third-order valence-corrected chi connectivity index (χ3v) is 5.47. The number of benzene rings is 2. The van der Waals surface area contributed by atoms with Crippen LogP contribution >= 0.6 is 0 Å². The van der Waals surface area contributed by atoms with Gasteiger partial charge in [-0.1, -0.05) is 30.3 Å². The molecular weight excluding hydrogens is 388 g/mol. The second-order valence-electron chi connectivity index (χ2n) is 7.59. The lowest BCUT2D eigenvalue weighted by molar-refractivity contribution is 0.0774. The van der Waals surface area contributed by atoms with E-state index in [0.717, 1.165) is 28.2 Å². The number of hydrogen-bond acceptors (Lipinski definition) is 4. The van der Waals surface area contributed by atoms with Gasteiger partial charge in [0.05, 0.1) is 24.1 Å². The number of carbonyl (C=O) groups excluding carboxylic acids is 1. The highest BCUT2D eigenvalue weighted by Gasteiger charge is 2.17. The molecule has 0 saturated carbocycles. The maximum atomic E-state index is 12.7. The SMILES string of the molecule is Cc1cccc(OCCn2c(CN(C)C(=O)c3ccccn3)nc3ccccc32)c1C. The summed E-state index contributed by atoms with van der Waals surface area (Å²) in [6, 6.07) is 19.4. The van der Waals surface area contributed by atoms with E-state index < -0.39 is 0 Å². The van der Waals surface area contributed by atoms with Crippen molar-refractivity contribution in [1.82, 2.24) is 19.4 Å². The molecule has 2 aromatic heterocycles. The fourth-order valence-corrected chi connectivity index (χ4v) is 3.59. The molecule has 0 atom stereocenters. The second-order valence-corrected chi connectivity index (χ2v) is 7.59. The van der Waals surface area contributed by atoms with E-state index in [4.69, 9.17) is 9.72 Å². The van der Waals surface area contributed by atoms with E-state index >= 15 is 0 Å². The molecule has 0 fully saturated rings. The summed E-state index contributed by atoms with van der Waals surface area (Å²) >= 11 is 0. The van der Waals surface area contributed by atoms with Crippen LogP contribution in [0.4, 0.5) is 0 Å². The number of aromatic nitrogens is 3. The number of imidazole rings is 1. The average molecular weight is 415 g/mol. The highest BCUT2D eigenvalue weighted by atomic mass is 16.5. The first-order valence-electron chi connectivity index (χ1n) is 10.3. The normalized spacial score (nSPS) is 10.9. The van der Waals surface area contributed by atoms with Crippen molar-refractivity contribution in [1.29, 1.82) is 0 Å². The molecule has 6 heteroatoms. The van der Waals surface area contributed by atoms with E-state index in [1.165, 1.54) is 5.56 Å². The van der Waals surface area contributed by atoms with Crippen molar-refractivity contribution >= 4 is 16.9 Å². The van der Waals surface area contributed by atoms with Crippen LogP contribution in [0.5, 0.6) is 5.75 Å². The molecule has 0 saturated heterocycles. The number of nitrogens with zero attached hydrogens (tertiary/aromatic N) is 4. The Hall–Kier alpha value is -3.67. The van der Waals surface area contributed by atoms with E-state index in [1.54, 1.807) is 30.3 Å². The van der Waals surface area contributed by atoms with Crippen LogP contribution in [0.2, 0.25) is 0 Å². The first-order chi connectivity index (χ1) is 15.0. The molecule has 158 valence electrons. The molecule has 0 aliphatic carbocycles. The van der Waals surface area contributed by atoms with Crippen LogP contribution in [0.15, 0.2) is 66.9 Å². The number of rotatable bonds is 7. The van der Waals surface area contributed by atoms with Crippen LogP contribution in [-0.4, -0.2) is 39.0 Å². The van der Waals surface area contributed by atoms with Gasteiger partial charge in [-0.15, -0.1) is 0 Å². The van der Waals surface area contributed by atoms with Gasteiger partial charge in [-0.2, -0.15) is 0 Å². The Morgan fingerprint density at radius 1 is 1.03 bits per heavy atom. The molecule has 0 radical (unpaired) electrons. The maximum absolute atomic E-state index is 12.7. The van der Waals surface area contributed by atoms with Crippen molar-refractivity contribution in [3.8, 4) is 5.75 Å². The van der Waals surface area contributed by atoms with Crippen molar-refractivity contribution in [3.63, 3.8) is 0 Å². The number of carbonyl (C=O) groups is 1. The molecule has 4 aromatic rings. The minimum absolute atomic E-state index is 0.133. The van der Waals surface area contributed by atoms with Crippen LogP contribution < -0.4 is 4.74 Å². The van der Waals surface area contributed by atoms with E-state index in [-0.39, 0.29) is 5.91 Å². The summed E-state index contributed by atoms with van der Waals surface area (Å²) in [6.07, 6.45) is 1.63. The minimum atomic E-state index is -0.133. The van der Waals surface area contributed by atoms with Gasteiger partial charge < -0.3 is 14.2 Å². The lowest BCUT2D eigenvalue weighted by Crippen LogP contribution is -2.28. The van der Waals surface area contributed by atoms with Crippen molar-refractivity contribution in [3.05, 3.63) is 89.5 Å². The molecule has 31 heavy (non-hydrogen) atoms. The van der Waals surface area contributed by atoms with Gasteiger partial charge in [-0.05, 0) is 55.3 Å². The smallest absolute Gasteiger partial charge is 0.272 e. The van der Waals surface area contributed by atoms with Crippen molar-refractivity contribution < 1.29 is 9.53 Å². The lowest BCUT2D eigenvalue weighted by Gasteiger charge is -2.18. The lowest BCUT2D eigenvalue weighted by atomic mass is 10.1. The number of fused-ring (bicyclic) bond motifs is 1. The molecule has 0 aliphatic heterocycles. The predicted octanol–water partition coefficient (Wildman–Crippen LogP) is 4.40. The molecule has 0 spiro atoms. The first kappa shape index (κ1) is 20.6. The van der Waals surface area contributed by atoms with Gasteiger partial charge in [0.15, 0.2) is 0 Å². The number of amides is 1. The third-order valence-electron chi connectivity index (χ3n) is 5.47. The Labute approximate surface area is 182 Å². The average Bonchev–Trinajstić information content (AvgIpc) is 3.13. The third kappa shape index (κ3) is 4.43. The van der Waals surface area contributed by atoms with E-state index in [9.17, 15) is 4.79 Å². The maximum Gasteiger partial charge on any atom is 0.272 e. The summed E-state index contributed by atoms with van der Waals surface area (Å²) in [6.45, 7) is 5.68. The molecule has 2 heterocycles. The largest absolute Gasteiger partial charge is 0.491 e. The molecular formula is C25H26N4O2. The summed E-state index contributed by atoms with van der Waals surface area (Å²) in [5.74, 6) is 1.58. The van der Waals surface area contributed by atoms with Gasteiger partial charge in [0.25, 0.3) is 5.91 Å². The fourth-order valence-electron chi connectivity index (χ4n) is 3.59. The zero-order chi connectivity index (χ0) is 21.8. The minimum Gasteiger partial charge on any atom is -0.491 e. The van der Waals surface area contributed by atoms with Crippen LogP contribution in [0, 0.1) is 13.8 Å². The van der Waals surface area contributed by atoms with Crippen molar-refractivity contribution in [2.45, 2.75) is 26.9 Å². The first-order valence-corrected chi connectivity index (χ1v) is 10.3. The van der Waals surface area contributed by atoms with Crippen LogP contribution in [0.25, 0.3) is 11.0 Å². The Bertz CT molecular complexity index is 1200. The van der Waals surface area contributed by atoms with Crippen molar-refractivity contribution in [2.75, 3.05) is 13.7 Å². The molecule has 0 aliphatic rings. The topological polar surface area (TPSA) is 60.2 Å². The number of aryl methyl sites for hydroxylation is 1. The fraction of sp³-hybridized carbons (Fsp3) is 0.240. The molecule has 0 bridgehead atoms. The summed E-state index contributed by atoms with van der Waals surface area (Å²) in [7, 11) is 1.77. The summed E-state index contributed by atoms with van der Waals surface area (Å²) in [5.41, 5.74) is 4.72. The highest BCUT2D eigenvalue weighted by molar-refractivity contribution is 5.92. The summed E-state index contributed by atoms with van der Waals surface area (Å²) < 4.78 is 8.21. The van der Waals surface area contributed by atoms with Crippen LogP contribution in [-0.2, 0) is 13.1 Å². The van der Waals surface area contributed by atoms with Crippen LogP contribution in [0.1, 0.15) is 27.4 Å². The standard InChI is InChI=1S/C25H26N4O2/c1-18-9-8-13-23(19(18)2)31-16-15-29-22-12-5-4-10-20(22)27-24(29)17-28(3)25(30)21-11-6-7-14-26-21/h4-14H,15-17H2,1-3H3. The highest BCUT2D eigenvalue weighted by Crippen LogP contribution is 2.22. The van der Waals surface area contributed by atoms with Gasteiger partial charge in [0, 0.05) is 13.2 Å². The Kier molecular flexibility index (Phi) is 5.98. The van der Waals surface area contributed by atoms with E-state index in [1.807, 2.05) is 42.5 Å². The quantitative estimate of drug-likeness (QED) is 0.450. The zero-order valence-corrected chi connectivity index (χ0v) is 18.1. The van der Waals surface area contributed by atoms with Gasteiger partial charge >= 0.3 is 0 Å². The number of para-hydroxylation sites is 2. The van der Waals surface area contributed by atoms with Gasteiger partial charge in [0.2, 0.25) is 0 Å². The van der Waals surface area contributed by atoms with Crippen LogP contribution in [0.3, 0.4) is 0 Å². The predicted molar refractivity (Wildman–Crippen MR) is 121 cm³/mol. The van der Waals surface area contributed by atoms with Gasteiger partial charge in [-0.25, -0.2) is 4.98 Å². The molecule has 6 nitrogen and oxygen atoms in total. The van der Waals surface area contributed by atoms with E-state index in [0.29, 0.717) is 25.4 Å². The molecule has 0 unspecified atom stereocenters. The summed E-state index contributed by atoms with van der Waals surface area (Å²) in [5, 5.41) is 0. The molecule has 0 N–H and O–H groups in total. The number of hydrogen-bond donors (Lipinski definition) is 0. The number of pyridine rings is 1. The Balaban J connectivity index is 1.54. The van der Waals surface area contributed by atoms with Gasteiger partial charge in [0.1, 0.15) is 23.9 Å². The Morgan fingerprint density at radius 3 is 2.65 bits per heavy atom. The second kappa shape index (κ2) is 9.00. The van der Waals surface area contributed by atoms with E-state index in [2.05, 4.69) is 29.5 Å². The zero-order valence-electron chi connectivity index (χ0n) is 18.1. The summed E-state index contributed by atoms with van der Waals surface area (Å²) in [4.78, 5) is 23.3. The number of ether oxygens (including phenoxy) is 1. The van der Waals surface area contributed by atoms with Crippen molar-refractivity contribution in [2.24, 2.45) is 0 Å². The Morgan fingerprint density at radius 2 is 1.84 bits per heavy atom.